The molecule has 1 saturated carbocycles. The van der Waals surface area contributed by atoms with Crippen molar-refractivity contribution in [1.29, 1.82) is 5.26 Å². The smallest absolute Gasteiger partial charge is 0.264 e. The fraction of sp³-hybridized carbons (Fsp3) is 0.500. The molecule has 2 aliphatic rings. The average Bonchev–Trinajstić information content (AvgIpc) is 3.80. The lowest BCUT2D eigenvalue weighted by Gasteiger charge is -2.37. The zero-order chi connectivity index (χ0) is 34.1. The molecule has 11 nitrogen and oxygen atoms in total. The van der Waals surface area contributed by atoms with Gasteiger partial charge in [0, 0.05) is 74.4 Å². The molecule has 250 valence electrons. The van der Waals surface area contributed by atoms with Crippen LogP contribution in [0.5, 0.6) is 11.5 Å². The number of benzene rings is 1. The molecule has 0 bridgehead atoms. The number of rotatable bonds is 10. The monoisotopic (exact) mass is 681 g/mol. The van der Waals surface area contributed by atoms with Gasteiger partial charge in [0.15, 0.2) is 0 Å². The van der Waals surface area contributed by atoms with Crippen molar-refractivity contribution in [3.05, 3.63) is 50.4 Å². The van der Waals surface area contributed by atoms with Crippen molar-refractivity contribution in [2.24, 2.45) is 10.8 Å². The highest BCUT2D eigenvalue weighted by molar-refractivity contribution is 6.41. The van der Waals surface area contributed by atoms with E-state index in [4.69, 9.17) is 37.7 Å². The fourth-order valence-electron chi connectivity index (χ4n) is 6.06. The number of carbonyl (C=O) groups is 1. The highest BCUT2D eigenvalue weighted by Crippen LogP contribution is 2.49. The van der Waals surface area contributed by atoms with Gasteiger partial charge in [-0.15, -0.1) is 0 Å². The molecule has 2 aromatic heterocycles. The summed E-state index contributed by atoms with van der Waals surface area (Å²) in [5.74, 6) is 0.878. The molecule has 5 rings (SSSR count). The lowest BCUT2D eigenvalue weighted by atomic mass is 9.93. The van der Waals surface area contributed by atoms with Gasteiger partial charge in [0.1, 0.15) is 28.8 Å². The Morgan fingerprint density at radius 1 is 1.09 bits per heavy atom. The van der Waals surface area contributed by atoms with Gasteiger partial charge < -0.3 is 19.7 Å². The maximum Gasteiger partial charge on any atom is 0.264 e. The second kappa shape index (κ2) is 13.7. The van der Waals surface area contributed by atoms with E-state index in [1.54, 1.807) is 33.9 Å². The number of piperazine rings is 1. The standard InChI is InChI=1S/C34H41Cl2N7O4/c1-7-38-32-39-18-21-14-23(26-27(35)24(46-5)15-25(47-6)28(26)36)31(45)43(29(21)40-32)20-34(8-9-34)19-41-10-12-42(13-11-41)30(44)22(17-37)16-33(2,3)4/h14-16,18H,7-13,19-20H2,1-6H3,(H,38,39,40). The predicted molar refractivity (Wildman–Crippen MR) is 184 cm³/mol. The molecule has 13 heteroatoms. The Morgan fingerprint density at radius 2 is 1.72 bits per heavy atom. The number of pyridine rings is 1. The summed E-state index contributed by atoms with van der Waals surface area (Å²) in [5.41, 5.74) is 0.608. The highest BCUT2D eigenvalue weighted by atomic mass is 35.5. The van der Waals surface area contributed by atoms with Crippen molar-refractivity contribution < 1.29 is 14.3 Å². The van der Waals surface area contributed by atoms with E-state index < -0.39 is 0 Å². The van der Waals surface area contributed by atoms with Crippen LogP contribution in [0.3, 0.4) is 0 Å². The summed E-state index contributed by atoms with van der Waals surface area (Å²) in [7, 11) is 2.98. The molecule has 0 atom stereocenters. The molecule has 1 N–H and O–H groups in total. The fourth-order valence-corrected chi connectivity index (χ4v) is 6.76. The maximum atomic E-state index is 14.5. The van der Waals surface area contributed by atoms with Crippen molar-refractivity contribution in [2.45, 2.75) is 47.1 Å². The summed E-state index contributed by atoms with van der Waals surface area (Å²) in [4.78, 5) is 40.9. The first-order valence-electron chi connectivity index (χ1n) is 15.7. The molecule has 1 aromatic carbocycles. The molecule has 1 saturated heterocycles. The van der Waals surface area contributed by atoms with Crippen LogP contribution in [0.4, 0.5) is 5.95 Å². The number of amides is 1. The van der Waals surface area contributed by atoms with Gasteiger partial charge in [-0.25, -0.2) is 4.98 Å². The molecule has 0 unspecified atom stereocenters. The largest absolute Gasteiger partial charge is 0.495 e. The van der Waals surface area contributed by atoms with Crippen LogP contribution >= 0.6 is 23.2 Å². The van der Waals surface area contributed by atoms with Gasteiger partial charge in [-0.2, -0.15) is 10.2 Å². The Bertz CT molecular complexity index is 1790. The Labute approximate surface area is 285 Å². The number of allylic oxidation sites excluding steroid dienone is 1. The number of hydrogen-bond donors (Lipinski definition) is 1. The Kier molecular flexibility index (Phi) is 10.1. The maximum absolute atomic E-state index is 14.5. The minimum atomic E-state index is -0.283. The van der Waals surface area contributed by atoms with Gasteiger partial charge in [-0.3, -0.25) is 19.1 Å². The zero-order valence-corrected chi connectivity index (χ0v) is 29.3. The number of nitrogens with zero attached hydrogens (tertiary/aromatic N) is 6. The number of methoxy groups -OCH3 is 2. The average molecular weight is 683 g/mol. The number of anilines is 1. The number of nitriles is 1. The molecule has 47 heavy (non-hydrogen) atoms. The third kappa shape index (κ3) is 7.35. The van der Waals surface area contributed by atoms with Crippen LogP contribution in [0, 0.1) is 22.2 Å². The third-order valence-electron chi connectivity index (χ3n) is 8.60. The van der Waals surface area contributed by atoms with Crippen LogP contribution in [0.2, 0.25) is 10.0 Å². The number of halogens is 2. The van der Waals surface area contributed by atoms with Crippen molar-refractivity contribution in [3.63, 3.8) is 0 Å². The molecule has 1 amide bonds. The van der Waals surface area contributed by atoms with Gasteiger partial charge in [-0.1, -0.05) is 50.0 Å². The van der Waals surface area contributed by atoms with Crippen molar-refractivity contribution in [1.82, 2.24) is 24.3 Å². The molecule has 3 heterocycles. The van der Waals surface area contributed by atoms with E-state index in [1.807, 2.05) is 27.7 Å². The number of hydrogen-bond acceptors (Lipinski definition) is 9. The van der Waals surface area contributed by atoms with E-state index in [-0.39, 0.29) is 37.9 Å². The van der Waals surface area contributed by atoms with Gasteiger partial charge in [0.2, 0.25) is 5.95 Å². The molecule has 0 spiro atoms. The third-order valence-corrected chi connectivity index (χ3v) is 9.35. The number of aromatic nitrogens is 3. The Hall–Kier alpha value is -3.85. The normalized spacial score (nSPS) is 16.6. The Balaban J connectivity index is 1.46. The van der Waals surface area contributed by atoms with Crippen LogP contribution in [-0.4, -0.2) is 83.7 Å². The molecular weight excluding hydrogens is 641 g/mol. The first-order chi connectivity index (χ1) is 22.3. The van der Waals surface area contributed by atoms with E-state index in [9.17, 15) is 14.9 Å². The quantitative estimate of drug-likeness (QED) is 0.214. The molecule has 1 aliphatic heterocycles. The number of nitrogens with one attached hydrogen (secondary N) is 1. The lowest BCUT2D eigenvalue weighted by molar-refractivity contribution is -0.128. The van der Waals surface area contributed by atoms with Crippen LogP contribution in [0.25, 0.3) is 22.2 Å². The van der Waals surface area contributed by atoms with Gasteiger partial charge in [-0.05, 0) is 31.2 Å². The number of carbonyl (C=O) groups excluding carboxylic acids is 1. The molecule has 0 radical (unpaired) electrons. The van der Waals surface area contributed by atoms with E-state index in [0.717, 1.165) is 19.4 Å². The summed E-state index contributed by atoms with van der Waals surface area (Å²) in [6.07, 6.45) is 5.32. The first-order valence-corrected chi connectivity index (χ1v) is 16.5. The van der Waals surface area contributed by atoms with Crippen LogP contribution in [0.15, 0.2) is 34.8 Å². The summed E-state index contributed by atoms with van der Waals surface area (Å²) < 4.78 is 12.7. The van der Waals surface area contributed by atoms with E-state index in [2.05, 4.69) is 21.3 Å². The van der Waals surface area contributed by atoms with E-state index in [0.29, 0.717) is 78.9 Å². The second-order valence-electron chi connectivity index (χ2n) is 13.3. The molecular formula is C34H41Cl2N7O4. The number of fused-ring (bicyclic) bond motifs is 1. The van der Waals surface area contributed by atoms with Gasteiger partial charge >= 0.3 is 0 Å². The SMILES string of the molecule is CCNc1ncc2cc(-c3c(Cl)c(OC)cc(OC)c3Cl)c(=O)n(CC3(CN4CCN(C(=O)C(C#N)=CC(C)(C)C)CC4)CC3)c2n1. The van der Waals surface area contributed by atoms with Crippen LogP contribution in [-0.2, 0) is 11.3 Å². The van der Waals surface area contributed by atoms with E-state index >= 15 is 0 Å². The van der Waals surface area contributed by atoms with Crippen LogP contribution < -0.4 is 20.3 Å². The zero-order valence-electron chi connectivity index (χ0n) is 27.7. The van der Waals surface area contributed by atoms with Gasteiger partial charge in [0.25, 0.3) is 11.5 Å². The Morgan fingerprint density at radius 3 is 2.26 bits per heavy atom. The highest BCUT2D eigenvalue weighted by Gasteiger charge is 2.45. The van der Waals surface area contributed by atoms with Crippen molar-refractivity contribution >= 4 is 46.1 Å². The molecule has 2 fully saturated rings. The molecule has 1 aliphatic carbocycles. The summed E-state index contributed by atoms with van der Waals surface area (Å²) in [5, 5.41) is 13.8. The first kappa shape index (κ1) is 34.5. The van der Waals surface area contributed by atoms with Crippen molar-refractivity contribution in [2.75, 3.05) is 58.8 Å². The minimum Gasteiger partial charge on any atom is -0.495 e. The number of ether oxygens (including phenoxy) is 2. The minimum absolute atomic E-state index is 0.158. The second-order valence-corrected chi connectivity index (χ2v) is 14.1. The van der Waals surface area contributed by atoms with E-state index in [1.165, 1.54) is 14.2 Å². The lowest BCUT2D eigenvalue weighted by Crippen LogP contribution is -2.50. The summed E-state index contributed by atoms with van der Waals surface area (Å²) in [6, 6.07) is 5.40. The summed E-state index contributed by atoms with van der Waals surface area (Å²) >= 11 is 13.6. The van der Waals surface area contributed by atoms with Crippen molar-refractivity contribution in [3.8, 4) is 28.7 Å². The molecule has 3 aromatic rings. The predicted octanol–water partition coefficient (Wildman–Crippen LogP) is 5.63. The topological polar surface area (TPSA) is 126 Å². The summed E-state index contributed by atoms with van der Waals surface area (Å²) in [6.45, 7) is 12.1. The van der Waals surface area contributed by atoms with Crippen LogP contribution in [0.1, 0.15) is 40.5 Å². The van der Waals surface area contributed by atoms with Gasteiger partial charge in [0.05, 0.1) is 29.8 Å².